The summed E-state index contributed by atoms with van der Waals surface area (Å²) < 4.78 is 0. The molecule has 0 aliphatic heterocycles. The number of nitrogens with one attached hydrogen (secondary N) is 1. The summed E-state index contributed by atoms with van der Waals surface area (Å²) in [6.45, 7) is 2.24. The minimum absolute atomic E-state index is 0.124. The molecule has 0 spiro atoms. The van der Waals surface area contributed by atoms with Crippen LogP contribution < -0.4 is 11.1 Å². The van der Waals surface area contributed by atoms with Crippen molar-refractivity contribution in [3.05, 3.63) is 30.1 Å². The van der Waals surface area contributed by atoms with Crippen LogP contribution in [0.1, 0.15) is 12.6 Å². The molecule has 0 aliphatic carbocycles. The number of hydrogen-bond donors (Lipinski definition) is 2. The van der Waals surface area contributed by atoms with Crippen LogP contribution in [0, 0.1) is 0 Å². The van der Waals surface area contributed by atoms with Crippen LogP contribution in [0.15, 0.2) is 24.4 Å². The second kappa shape index (κ2) is 5.34. The van der Waals surface area contributed by atoms with Crippen LogP contribution in [0.3, 0.4) is 0 Å². The van der Waals surface area contributed by atoms with Crippen molar-refractivity contribution >= 4 is 5.91 Å². The number of nitrogens with two attached hydrogens (primary N) is 1. The topological polar surface area (TPSA) is 68.0 Å². The highest BCUT2D eigenvalue weighted by Crippen LogP contribution is 1.92. The molecule has 0 aromatic carbocycles. The summed E-state index contributed by atoms with van der Waals surface area (Å²) in [4.78, 5) is 15.2. The number of nitrogens with zero attached hydrogens (tertiary/aromatic N) is 1. The zero-order valence-corrected chi connectivity index (χ0v) is 8.23. The molecule has 1 aromatic rings. The molecule has 1 heterocycles. The Balaban J connectivity index is 2.26. The van der Waals surface area contributed by atoms with Gasteiger partial charge < -0.3 is 11.1 Å². The average Bonchev–Trinajstić information content (AvgIpc) is 2.19. The highest BCUT2D eigenvalue weighted by atomic mass is 16.2. The average molecular weight is 193 g/mol. The van der Waals surface area contributed by atoms with Crippen molar-refractivity contribution in [2.75, 3.05) is 6.54 Å². The summed E-state index contributed by atoms with van der Waals surface area (Å²) in [7, 11) is 0. The van der Waals surface area contributed by atoms with Gasteiger partial charge in [-0.15, -0.1) is 0 Å². The quantitative estimate of drug-likeness (QED) is 0.712. The first-order valence-corrected chi connectivity index (χ1v) is 4.63. The molecule has 0 saturated heterocycles. The predicted molar refractivity (Wildman–Crippen MR) is 54.6 cm³/mol. The molecule has 1 aromatic heterocycles. The number of hydrogen-bond acceptors (Lipinski definition) is 3. The van der Waals surface area contributed by atoms with E-state index in [9.17, 15) is 4.79 Å². The van der Waals surface area contributed by atoms with E-state index in [1.165, 1.54) is 0 Å². The minimum Gasteiger partial charge on any atom is -0.354 e. The fraction of sp³-hybridized carbons (Fsp3) is 0.400. The molecule has 0 fully saturated rings. The fourth-order valence-corrected chi connectivity index (χ4v) is 1.02. The molecule has 1 amide bonds. The number of amides is 1. The van der Waals surface area contributed by atoms with Gasteiger partial charge in [0.25, 0.3) is 0 Å². The van der Waals surface area contributed by atoms with E-state index in [2.05, 4.69) is 10.3 Å². The van der Waals surface area contributed by atoms with Gasteiger partial charge >= 0.3 is 0 Å². The number of carbonyl (C=O) groups is 1. The van der Waals surface area contributed by atoms with Crippen molar-refractivity contribution in [2.45, 2.75) is 19.4 Å². The molecule has 3 N–H and O–H groups in total. The first-order chi connectivity index (χ1) is 6.70. The lowest BCUT2D eigenvalue weighted by Crippen LogP contribution is -2.39. The molecule has 0 radical (unpaired) electrons. The van der Waals surface area contributed by atoms with Gasteiger partial charge in [0.2, 0.25) is 5.91 Å². The van der Waals surface area contributed by atoms with E-state index in [1.807, 2.05) is 18.2 Å². The summed E-state index contributed by atoms with van der Waals surface area (Å²) >= 11 is 0. The van der Waals surface area contributed by atoms with E-state index >= 15 is 0 Å². The number of aromatic nitrogens is 1. The molecule has 4 heteroatoms. The summed E-state index contributed by atoms with van der Waals surface area (Å²) in [5, 5.41) is 2.73. The third kappa shape index (κ3) is 3.53. The Kier molecular flexibility index (Phi) is 4.07. The summed E-state index contributed by atoms with van der Waals surface area (Å²) in [5.41, 5.74) is 6.36. The lowest BCUT2D eigenvalue weighted by molar-refractivity contribution is -0.121. The number of rotatable bonds is 4. The van der Waals surface area contributed by atoms with Gasteiger partial charge in [-0.3, -0.25) is 9.78 Å². The van der Waals surface area contributed by atoms with Crippen LogP contribution in [0.25, 0.3) is 0 Å². The second-order valence-corrected chi connectivity index (χ2v) is 3.15. The summed E-state index contributed by atoms with van der Waals surface area (Å²) in [6, 6.07) is 5.27. The maximum Gasteiger partial charge on any atom is 0.236 e. The molecule has 0 unspecified atom stereocenters. The Morgan fingerprint density at radius 2 is 2.43 bits per heavy atom. The highest BCUT2D eigenvalue weighted by molar-refractivity contribution is 5.80. The van der Waals surface area contributed by atoms with E-state index in [0.717, 1.165) is 12.1 Å². The summed E-state index contributed by atoms with van der Waals surface area (Å²) in [6.07, 6.45) is 2.47. The first kappa shape index (κ1) is 10.7. The minimum atomic E-state index is -0.446. The second-order valence-electron chi connectivity index (χ2n) is 3.15. The van der Waals surface area contributed by atoms with Crippen molar-refractivity contribution in [3.8, 4) is 0 Å². The van der Waals surface area contributed by atoms with E-state index in [-0.39, 0.29) is 5.91 Å². The van der Waals surface area contributed by atoms with Crippen molar-refractivity contribution in [1.82, 2.24) is 10.3 Å². The Morgan fingerprint density at radius 1 is 1.64 bits per heavy atom. The lowest BCUT2D eigenvalue weighted by atomic mass is 10.2. The van der Waals surface area contributed by atoms with E-state index in [1.54, 1.807) is 13.1 Å². The number of pyridine rings is 1. The maximum atomic E-state index is 11.1. The van der Waals surface area contributed by atoms with Crippen LogP contribution >= 0.6 is 0 Å². The van der Waals surface area contributed by atoms with Crippen molar-refractivity contribution < 1.29 is 4.79 Å². The monoisotopic (exact) mass is 193 g/mol. The van der Waals surface area contributed by atoms with Crippen molar-refractivity contribution in [3.63, 3.8) is 0 Å². The molecule has 4 nitrogen and oxygen atoms in total. The van der Waals surface area contributed by atoms with Gasteiger partial charge in [0.1, 0.15) is 0 Å². The first-order valence-electron chi connectivity index (χ1n) is 4.63. The SMILES string of the molecule is C[C@@H](N)C(=O)NCCc1ccccn1. The van der Waals surface area contributed by atoms with Crippen molar-refractivity contribution in [2.24, 2.45) is 5.73 Å². The Morgan fingerprint density at radius 3 is 3.00 bits per heavy atom. The maximum absolute atomic E-state index is 11.1. The molecule has 0 aliphatic rings. The molecule has 1 atom stereocenters. The van der Waals surface area contributed by atoms with E-state index in [0.29, 0.717) is 6.54 Å². The smallest absolute Gasteiger partial charge is 0.236 e. The molecule has 0 bridgehead atoms. The lowest BCUT2D eigenvalue weighted by Gasteiger charge is -2.06. The molecule has 0 saturated carbocycles. The number of carbonyl (C=O) groups excluding carboxylic acids is 1. The third-order valence-corrected chi connectivity index (χ3v) is 1.82. The van der Waals surface area contributed by atoms with Gasteiger partial charge in [0.05, 0.1) is 6.04 Å². The zero-order chi connectivity index (χ0) is 10.4. The largest absolute Gasteiger partial charge is 0.354 e. The molecule has 14 heavy (non-hydrogen) atoms. The van der Waals surface area contributed by atoms with Gasteiger partial charge in [-0.25, -0.2) is 0 Å². The third-order valence-electron chi connectivity index (χ3n) is 1.82. The predicted octanol–water partition coefficient (Wildman–Crippen LogP) is 0.0875. The van der Waals surface area contributed by atoms with Gasteiger partial charge in [0, 0.05) is 24.9 Å². The fourth-order valence-electron chi connectivity index (χ4n) is 1.02. The van der Waals surface area contributed by atoms with Gasteiger partial charge in [0.15, 0.2) is 0 Å². The van der Waals surface area contributed by atoms with E-state index in [4.69, 9.17) is 5.73 Å². The summed E-state index contributed by atoms with van der Waals surface area (Å²) in [5.74, 6) is -0.124. The molecular formula is C10H15N3O. The Bertz CT molecular complexity index is 285. The zero-order valence-electron chi connectivity index (χ0n) is 8.23. The van der Waals surface area contributed by atoms with Crippen LogP contribution in [0.4, 0.5) is 0 Å². The highest BCUT2D eigenvalue weighted by Gasteiger charge is 2.05. The van der Waals surface area contributed by atoms with Gasteiger partial charge in [-0.05, 0) is 19.1 Å². The molecular weight excluding hydrogens is 178 g/mol. The van der Waals surface area contributed by atoms with Crippen LogP contribution in [0.2, 0.25) is 0 Å². The Hall–Kier alpha value is -1.42. The molecule has 1 rings (SSSR count). The van der Waals surface area contributed by atoms with Crippen molar-refractivity contribution in [1.29, 1.82) is 0 Å². The Labute approximate surface area is 83.5 Å². The van der Waals surface area contributed by atoms with Gasteiger partial charge in [-0.1, -0.05) is 6.07 Å². The normalized spacial score (nSPS) is 12.1. The van der Waals surface area contributed by atoms with Crippen LogP contribution in [0.5, 0.6) is 0 Å². The standard InChI is InChI=1S/C10H15N3O/c1-8(11)10(14)13-7-5-9-4-2-3-6-12-9/h2-4,6,8H,5,7,11H2,1H3,(H,13,14)/t8-/m1/s1. The van der Waals surface area contributed by atoms with E-state index < -0.39 is 6.04 Å². The van der Waals surface area contributed by atoms with Crippen LogP contribution in [-0.2, 0) is 11.2 Å². The van der Waals surface area contributed by atoms with Crippen LogP contribution in [-0.4, -0.2) is 23.5 Å². The van der Waals surface area contributed by atoms with Gasteiger partial charge in [-0.2, -0.15) is 0 Å². The molecule has 76 valence electrons.